The van der Waals surface area contributed by atoms with Gasteiger partial charge in [-0.25, -0.2) is 0 Å². The normalized spacial score (nSPS) is 17.3. The van der Waals surface area contributed by atoms with Crippen molar-refractivity contribution in [2.24, 2.45) is 0 Å². The van der Waals surface area contributed by atoms with Crippen LogP contribution < -0.4 is 5.32 Å². The minimum atomic E-state index is -0.308. The number of anilines is 1. The minimum absolute atomic E-state index is 0.0834. The molecule has 1 aliphatic carbocycles. The molecule has 4 heteroatoms. The Hall–Kier alpha value is -1.58. The summed E-state index contributed by atoms with van der Waals surface area (Å²) in [4.78, 5) is 10.7. The fraction of sp³-hybridized carbons (Fsp3) is 0.538. The zero-order valence-electron chi connectivity index (χ0n) is 10.3. The number of aryl methyl sites for hydroxylation is 1. The van der Waals surface area contributed by atoms with Crippen LogP contribution in [0.2, 0.25) is 0 Å². The van der Waals surface area contributed by atoms with Crippen LogP contribution in [0.5, 0.6) is 0 Å². The Morgan fingerprint density at radius 2 is 2.18 bits per heavy atom. The molecule has 0 radical (unpaired) electrons. The van der Waals surface area contributed by atoms with Gasteiger partial charge in [-0.15, -0.1) is 0 Å². The molecule has 17 heavy (non-hydrogen) atoms. The topological polar surface area (TPSA) is 55.2 Å². The lowest BCUT2D eigenvalue weighted by atomic mass is 9.74. The lowest BCUT2D eigenvalue weighted by Crippen LogP contribution is -2.44. The van der Waals surface area contributed by atoms with Crippen molar-refractivity contribution in [2.45, 2.75) is 45.1 Å². The Morgan fingerprint density at radius 1 is 1.47 bits per heavy atom. The van der Waals surface area contributed by atoms with Gasteiger partial charge in [-0.3, -0.25) is 10.1 Å². The van der Waals surface area contributed by atoms with Crippen LogP contribution in [0.3, 0.4) is 0 Å². The van der Waals surface area contributed by atoms with Crippen LogP contribution in [0.25, 0.3) is 0 Å². The van der Waals surface area contributed by atoms with E-state index in [0.29, 0.717) is 5.69 Å². The molecule has 4 nitrogen and oxygen atoms in total. The van der Waals surface area contributed by atoms with Crippen molar-refractivity contribution in [1.29, 1.82) is 0 Å². The quantitative estimate of drug-likeness (QED) is 0.639. The van der Waals surface area contributed by atoms with E-state index in [2.05, 4.69) is 12.2 Å². The molecular formula is C13H18N2O2. The first-order chi connectivity index (χ1) is 8.06. The average Bonchev–Trinajstić information content (AvgIpc) is 2.25. The molecule has 0 aromatic heterocycles. The van der Waals surface area contributed by atoms with Gasteiger partial charge < -0.3 is 5.32 Å². The first kappa shape index (κ1) is 11.9. The Kier molecular flexibility index (Phi) is 3.05. The predicted octanol–water partition coefficient (Wildman–Crippen LogP) is 3.65. The highest BCUT2D eigenvalue weighted by Gasteiger charge is 2.36. The van der Waals surface area contributed by atoms with Gasteiger partial charge in [-0.2, -0.15) is 0 Å². The molecule has 2 rings (SSSR count). The third-order valence-electron chi connectivity index (χ3n) is 3.74. The molecule has 0 saturated heterocycles. The van der Waals surface area contributed by atoms with Crippen molar-refractivity contribution in [1.82, 2.24) is 0 Å². The molecule has 92 valence electrons. The number of hydrogen-bond donors (Lipinski definition) is 1. The van der Waals surface area contributed by atoms with E-state index in [1.54, 1.807) is 6.07 Å². The summed E-state index contributed by atoms with van der Waals surface area (Å²) in [5.41, 5.74) is 1.84. The molecule has 1 saturated carbocycles. The van der Waals surface area contributed by atoms with E-state index in [0.717, 1.165) is 24.8 Å². The molecule has 0 aliphatic heterocycles. The summed E-state index contributed by atoms with van der Waals surface area (Å²) in [5, 5.41) is 14.4. The summed E-state index contributed by atoms with van der Waals surface area (Å²) in [7, 11) is 0. The van der Waals surface area contributed by atoms with E-state index >= 15 is 0 Å². The summed E-state index contributed by atoms with van der Waals surface area (Å²) in [6.45, 7) is 4.00. The van der Waals surface area contributed by atoms with E-state index in [-0.39, 0.29) is 16.1 Å². The highest BCUT2D eigenvalue weighted by atomic mass is 16.6. The molecule has 0 unspecified atom stereocenters. The van der Waals surface area contributed by atoms with E-state index < -0.39 is 0 Å². The van der Waals surface area contributed by atoms with Gasteiger partial charge >= 0.3 is 0 Å². The van der Waals surface area contributed by atoms with Gasteiger partial charge in [0.2, 0.25) is 0 Å². The summed E-state index contributed by atoms with van der Waals surface area (Å²) in [6.07, 6.45) is 4.43. The van der Waals surface area contributed by atoms with Gasteiger partial charge in [0.15, 0.2) is 0 Å². The first-order valence-electron chi connectivity index (χ1n) is 6.09. The number of benzene rings is 1. The monoisotopic (exact) mass is 234 g/mol. The van der Waals surface area contributed by atoms with Crippen molar-refractivity contribution in [3.63, 3.8) is 0 Å². The van der Waals surface area contributed by atoms with Crippen LogP contribution >= 0.6 is 0 Å². The molecule has 0 amide bonds. The number of hydrogen-bond acceptors (Lipinski definition) is 3. The number of nitro groups is 1. The van der Waals surface area contributed by atoms with Crippen LogP contribution in [0.4, 0.5) is 11.4 Å². The fourth-order valence-electron chi connectivity index (χ4n) is 2.35. The zero-order valence-corrected chi connectivity index (χ0v) is 10.3. The van der Waals surface area contributed by atoms with E-state index in [4.69, 9.17) is 0 Å². The summed E-state index contributed by atoms with van der Waals surface area (Å²) in [6, 6.07) is 5.37. The number of nitrogens with zero attached hydrogens (tertiary/aromatic N) is 1. The summed E-state index contributed by atoms with van der Waals surface area (Å²) >= 11 is 0. The van der Waals surface area contributed by atoms with Crippen molar-refractivity contribution >= 4 is 11.4 Å². The second kappa shape index (κ2) is 4.35. The average molecular weight is 234 g/mol. The molecule has 0 heterocycles. The van der Waals surface area contributed by atoms with Gasteiger partial charge in [0.05, 0.1) is 4.92 Å². The lowest BCUT2D eigenvalue weighted by molar-refractivity contribution is -0.384. The van der Waals surface area contributed by atoms with Gasteiger partial charge in [-0.05, 0) is 44.2 Å². The molecule has 0 bridgehead atoms. The van der Waals surface area contributed by atoms with Crippen LogP contribution in [0.1, 0.15) is 38.2 Å². The molecule has 1 aliphatic rings. The highest BCUT2D eigenvalue weighted by Crippen LogP contribution is 2.40. The molecule has 1 N–H and O–H groups in total. The number of nitro benzene ring substituents is 1. The van der Waals surface area contributed by atoms with Crippen LogP contribution in [-0.4, -0.2) is 10.5 Å². The Morgan fingerprint density at radius 3 is 2.65 bits per heavy atom. The van der Waals surface area contributed by atoms with E-state index in [1.165, 1.54) is 6.42 Å². The van der Waals surface area contributed by atoms with E-state index in [9.17, 15) is 10.1 Å². The summed E-state index contributed by atoms with van der Waals surface area (Å²) in [5.74, 6) is 0. The maximum Gasteiger partial charge on any atom is 0.292 e. The number of rotatable bonds is 4. The fourth-order valence-corrected chi connectivity index (χ4v) is 2.35. The Balaban J connectivity index is 2.29. The van der Waals surface area contributed by atoms with Crippen molar-refractivity contribution < 1.29 is 4.92 Å². The molecule has 1 aromatic rings. The van der Waals surface area contributed by atoms with Gasteiger partial charge in [0.25, 0.3) is 5.69 Å². The highest BCUT2D eigenvalue weighted by molar-refractivity contribution is 5.64. The molecule has 0 atom stereocenters. The largest absolute Gasteiger partial charge is 0.374 e. The predicted molar refractivity (Wildman–Crippen MR) is 68.3 cm³/mol. The summed E-state index contributed by atoms with van der Waals surface area (Å²) < 4.78 is 0. The molecular weight excluding hydrogens is 216 g/mol. The number of nitrogens with one attached hydrogen (secondary N) is 1. The van der Waals surface area contributed by atoms with Gasteiger partial charge in [0, 0.05) is 11.6 Å². The zero-order chi connectivity index (χ0) is 12.5. The SMILES string of the molecule is CCC1(Nc2ccc(C)cc2[N+](=O)[O-])CCC1. The Labute approximate surface area is 101 Å². The minimum Gasteiger partial charge on any atom is -0.374 e. The van der Waals surface area contributed by atoms with Crippen molar-refractivity contribution in [2.75, 3.05) is 5.32 Å². The van der Waals surface area contributed by atoms with Crippen molar-refractivity contribution in [3.8, 4) is 0 Å². The maximum absolute atomic E-state index is 11.0. The third kappa shape index (κ3) is 2.25. The molecule has 1 aromatic carbocycles. The van der Waals surface area contributed by atoms with Gasteiger partial charge in [0.1, 0.15) is 5.69 Å². The van der Waals surface area contributed by atoms with Crippen LogP contribution in [0.15, 0.2) is 18.2 Å². The second-order valence-electron chi connectivity index (χ2n) is 4.89. The second-order valence-corrected chi connectivity index (χ2v) is 4.89. The smallest absolute Gasteiger partial charge is 0.292 e. The van der Waals surface area contributed by atoms with E-state index in [1.807, 2.05) is 19.1 Å². The molecule has 0 spiro atoms. The first-order valence-corrected chi connectivity index (χ1v) is 6.09. The lowest BCUT2D eigenvalue weighted by Gasteiger charge is -2.42. The Bertz CT molecular complexity index is 434. The van der Waals surface area contributed by atoms with Crippen LogP contribution in [-0.2, 0) is 0 Å². The maximum atomic E-state index is 11.0. The third-order valence-corrected chi connectivity index (χ3v) is 3.74. The van der Waals surface area contributed by atoms with Gasteiger partial charge in [-0.1, -0.05) is 13.0 Å². The standard InChI is InChI=1S/C13H18N2O2/c1-3-13(7-4-8-13)14-11-6-5-10(2)9-12(11)15(16)17/h5-6,9,14H,3-4,7-8H2,1-2H3. The molecule has 1 fully saturated rings. The van der Waals surface area contributed by atoms with Crippen LogP contribution in [0, 0.1) is 17.0 Å². The van der Waals surface area contributed by atoms with Crippen molar-refractivity contribution in [3.05, 3.63) is 33.9 Å².